The molecule has 1 aliphatic rings. The lowest BCUT2D eigenvalue weighted by atomic mass is 9.79. The molecule has 0 atom stereocenters. The van der Waals surface area contributed by atoms with Crippen molar-refractivity contribution < 1.29 is 4.74 Å². The van der Waals surface area contributed by atoms with Gasteiger partial charge < -0.3 is 4.74 Å². The van der Waals surface area contributed by atoms with Gasteiger partial charge in [-0.25, -0.2) is 0 Å². The summed E-state index contributed by atoms with van der Waals surface area (Å²) in [6.45, 7) is 0. The number of rotatable bonds is 2. The summed E-state index contributed by atoms with van der Waals surface area (Å²) < 4.78 is 5.28. The Bertz CT molecular complexity index is 75.3. The molecule has 1 fully saturated rings. The van der Waals surface area contributed by atoms with E-state index in [0.717, 1.165) is 5.92 Å². The lowest BCUT2D eigenvalue weighted by Gasteiger charge is -2.26. The van der Waals surface area contributed by atoms with Crippen LogP contribution < -0.4 is 0 Å². The first kappa shape index (κ1) is 8.12. The average Bonchev–Trinajstić information content (AvgIpc) is 2.05. The smallest absolute Gasteiger partial charge is 0.101 e. The summed E-state index contributed by atoms with van der Waals surface area (Å²) in [5.74, 6) is 0.992. The van der Waals surface area contributed by atoms with Crippen molar-refractivity contribution in [3.05, 3.63) is 0 Å². The lowest BCUT2D eigenvalue weighted by molar-refractivity contribution is 0.0594. The van der Waals surface area contributed by atoms with Crippen molar-refractivity contribution in [2.24, 2.45) is 5.92 Å². The summed E-state index contributed by atoms with van der Waals surface area (Å²) in [7, 11) is 4.12. The predicted molar refractivity (Wildman–Crippen MR) is 46.1 cm³/mol. The molecule has 0 amide bonds. The van der Waals surface area contributed by atoms with Crippen LogP contribution >= 0.6 is 0 Å². The third-order valence-corrected chi connectivity index (χ3v) is 2.70. The molecule has 0 radical (unpaired) electrons. The summed E-state index contributed by atoms with van der Waals surface area (Å²) >= 11 is 0. The summed E-state index contributed by atoms with van der Waals surface area (Å²) in [4.78, 5) is 0. The fraction of sp³-hybridized carbons (Fsp3) is 1.00. The minimum absolute atomic E-state index is 0.572. The maximum absolute atomic E-state index is 5.28. The molecule has 0 bridgehead atoms. The second kappa shape index (κ2) is 4.02. The molecule has 0 N–H and O–H groups in total. The van der Waals surface area contributed by atoms with Gasteiger partial charge in [-0.1, -0.05) is 6.32 Å². The molecule has 2 heteroatoms. The van der Waals surface area contributed by atoms with Crippen LogP contribution in [0.5, 0.6) is 0 Å². The third kappa shape index (κ3) is 2.01. The second-order valence-electron chi connectivity index (χ2n) is 3.29. The van der Waals surface area contributed by atoms with E-state index in [9.17, 15) is 0 Å². The fourth-order valence-electron chi connectivity index (χ4n) is 1.78. The highest BCUT2D eigenvalue weighted by Crippen LogP contribution is 2.27. The Balaban J connectivity index is 2.17. The SMILES string of the molecule is BCC1CCC(OC)CC1. The van der Waals surface area contributed by atoms with Gasteiger partial charge in [0.2, 0.25) is 0 Å². The Hall–Kier alpha value is 0.0249. The van der Waals surface area contributed by atoms with Crippen molar-refractivity contribution in [2.75, 3.05) is 7.11 Å². The highest BCUT2D eigenvalue weighted by Gasteiger charge is 2.18. The van der Waals surface area contributed by atoms with Gasteiger partial charge in [0.15, 0.2) is 0 Å². The zero-order valence-corrected chi connectivity index (χ0v) is 7.10. The molecule has 1 aliphatic carbocycles. The molecule has 0 saturated heterocycles. The van der Waals surface area contributed by atoms with Crippen LogP contribution in [0.25, 0.3) is 0 Å². The second-order valence-corrected chi connectivity index (χ2v) is 3.29. The van der Waals surface area contributed by atoms with Crippen LogP contribution in [0.1, 0.15) is 25.7 Å². The van der Waals surface area contributed by atoms with Gasteiger partial charge in [0.1, 0.15) is 7.85 Å². The Kier molecular flexibility index (Phi) is 3.27. The van der Waals surface area contributed by atoms with Crippen LogP contribution in [-0.4, -0.2) is 21.1 Å². The third-order valence-electron chi connectivity index (χ3n) is 2.70. The van der Waals surface area contributed by atoms with E-state index in [1.807, 2.05) is 7.11 Å². The topological polar surface area (TPSA) is 9.23 Å². The van der Waals surface area contributed by atoms with E-state index in [0.29, 0.717) is 6.10 Å². The van der Waals surface area contributed by atoms with E-state index >= 15 is 0 Å². The first-order chi connectivity index (χ1) is 4.86. The van der Waals surface area contributed by atoms with Crippen molar-refractivity contribution in [2.45, 2.75) is 38.1 Å². The van der Waals surface area contributed by atoms with Gasteiger partial charge in [-0.15, -0.1) is 0 Å². The van der Waals surface area contributed by atoms with Gasteiger partial charge in [-0.05, 0) is 31.6 Å². The molecule has 1 nitrogen and oxygen atoms in total. The van der Waals surface area contributed by atoms with Crippen molar-refractivity contribution >= 4 is 7.85 Å². The molecule has 10 heavy (non-hydrogen) atoms. The number of ether oxygens (including phenoxy) is 1. The first-order valence-electron chi connectivity index (χ1n) is 4.39. The van der Waals surface area contributed by atoms with Gasteiger partial charge in [-0.3, -0.25) is 0 Å². The van der Waals surface area contributed by atoms with Crippen molar-refractivity contribution in [3.8, 4) is 0 Å². The minimum atomic E-state index is 0.572. The van der Waals surface area contributed by atoms with E-state index in [1.54, 1.807) is 0 Å². The molecule has 1 saturated carbocycles. The summed E-state index contributed by atoms with van der Waals surface area (Å²) in [5.41, 5.74) is 0. The first-order valence-corrected chi connectivity index (χ1v) is 4.39. The highest BCUT2D eigenvalue weighted by molar-refractivity contribution is 6.08. The van der Waals surface area contributed by atoms with Crippen LogP contribution in [0.15, 0.2) is 0 Å². The van der Waals surface area contributed by atoms with Crippen LogP contribution in [0.4, 0.5) is 0 Å². The molecule has 0 aromatic carbocycles. The molecule has 1 rings (SSSR count). The summed E-state index contributed by atoms with van der Waals surface area (Å²) in [5, 5.41) is 0. The monoisotopic (exact) mass is 140 g/mol. The molecule has 0 unspecified atom stereocenters. The maximum Gasteiger partial charge on any atom is 0.101 e. The fourth-order valence-corrected chi connectivity index (χ4v) is 1.78. The molecule has 58 valence electrons. The largest absolute Gasteiger partial charge is 0.381 e. The van der Waals surface area contributed by atoms with Crippen molar-refractivity contribution in [1.82, 2.24) is 0 Å². The molecule has 0 heterocycles. The Morgan fingerprint density at radius 3 is 2.30 bits per heavy atom. The highest BCUT2D eigenvalue weighted by atomic mass is 16.5. The summed E-state index contributed by atoms with van der Waals surface area (Å²) in [6, 6.07) is 0. The van der Waals surface area contributed by atoms with E-state index in [4.69, 9.17) is 4.74 Å². The van der Waals surface area contributed by atoms with Crippen molar-refractivity contribution in [1.29, 1.82) is 0 Å². The van der Waals surface area contributed by atoms with Gasteiger partial charge in [0.25, 0.3) is 0 Å². The molecule has 0 aromatic heterocycles. The Morgan fingerprint density at radius 2 is 1.90 bits per heavy atom. The zero-order valence-electron chi connectivity index (χ0n) is 7.10. The normalized spacial score (nSPS) is 34.1. The molecule has 0 aromatic rings. The van der Waals surface area contributed by atoms with Gasteiger partial charge in [-0.2, -0.15) is 0 Å². The number of methoxy groups -OCH3 is 1. The lowest BCUT2D eigenvalue weighted by Crippen LogP contribution is -2.19. The van der Waals surface area contributed by atoms with Gasteiger partial charge in [0, 0.05) is 7.11 Å². The number of hydrogen-bond acceptors (Lipinski definition) is 1. The van der Waals surface area contributed by atoms with E-state index < -0.39 is 0 Å². The van der Waals surface area contributed by atoms with Crippen molar-refractivity contribution in [3.63, 3.8) is 0 Å². The van der Waals surface area contributed by atoms with Crippen LogP contribution in [-0.2, 0) is 4.74 Å². The molecular weight excluding hydrogens is 123 g/mol. The standard InChI is InChI=1S/C8H17BO/c1-10-8-4-2-7(6-9)3-5-8/h7-8H,2-6,9H2,1H3. The van der Waals surface area contributed by atoms with E-state index in [-0.39, 0.29) is 0 Å². The minimum Gasteiger partial charge on any atom is -0.381 e. The van der Waals surface area contributed by atoms with Gasteiger partial charge >= 0.3 is 0 Å². The average molecular weight is 140 g/mol. The maximum atomic E-state index is 5.28. The zero-order chi connectivity index (χ0) is 7.40. The quantitative estimate of drug-likeness (QED) is 0.524. The van der Waals surface area contributed by atoms with Crippen LogP contribution in [0.3, 0.4) is 0 Å². The van der Waals surface area contributed by atoms with Gasteiger partial charge in [0.05, 0.1) is 6.10 Å². The van der Waals surface area contributed by atoms with Crippen LogP contribution in [0, 0.1) is 5.92 Å². The summed E-state index contributed by atoms with van der Waals surface area (Å²) in [6.07, 6.45) is 7.27. The Labute approximate surface area is 64.6 Å². The molecule has 0 aliphatic heterocycles. The van der Waals surface area contributed by atoms with Crippen LogP contribution in [0.2, 0.25) is 6.32 Å². The van der Waals surface area contributed by atoms with E-state index in [1.165, 1.54) is 32.0 Å². The molecular formula is C8H17BO. The number of hydrogen-bond donors (Lipinski definition) is 0. The molecule has 0 spiro atoms. The predicted octanol–water partition coefficient (Wildman–Crippen LogP) is 1.24. The Morgan fingerprint density at radius 1 is 1.30 bits per heavy atom. The van der Waals surface area contributed by atoms with E-state index in [2.05, 4.69) is 7.85 Å².